The average Bonchev–Trinajstić information content (AvgIpc) is 3.18. The first-order valence-corrected chi connectivity index (χ1v) is 24.0. The minimum atomic E-state index is -1.84. The number of amides is 5. The third-order valence-corrected chi connectivity index (χ3v) is 12.0. The van der Waals surface area contributed by atoms with E-state index >= 15 is 0 Å². The van der Waals surface area contributed by atoms with Gasteiger partial charge in [0.25, 0.3) is 0 Å². The maximum atomic E-state index is 13.9. The molecule has 0 radical (unpaired) electrons. The zero-order valence-corrected chi connectivity index (χ0v) is 42.9. The molecule has 2 aliphatic heterocycles. The summed E-state index contributed by atoms with van der Waals surface area (Å²) in [5.41, 5.74) is 1.61. The Hall–Kier alpha value is -4.49. The Balaban J connectivity index is 1.70. The SMILES string of the molecule is C=C(C)OC(=O)N[C@H]1C[C@H](CN[C@@H]2CC=C(CN)OC2[C@H]2[C@H](O)[C@@H](O[C@H]3OC[C@](C)(O)[C@H](N(C)C(=O)OC(C)(C)C)[C@H]3O)[C@H](NC(=O)[C@@H](O)CCNC(=O)OC(C)(C)C)C[C@@H]2NC(=O)OC(C)(C)C)C1. The highest BCUT2D eigenvalue weighted by Crippen LogP contribution is 2.39. The number of carbonyl (C=O) groups excluding carboxylic acids is 5. The fourth-order valence-corrected chi connectivity index (χ4v) is 9.04. The first kappa shape index (κ1) is 58.1. The van der Waals surface area contributed by atoms with Gasteiger partial charge in [-0.3, -0.25) is 4.79 Å². The number of rotatable bonds is 16. The van der Waals surface area contributed by atoms with Crippen LogP contribution in [0.3, 0.4) is 0 Å². The molecule has 1 saturated heterocycles. The van der Waals surface area contributed by atoms with Crippen molar-refractivity contribution in [1.82, 2.24) is 31.5 Å². The maximum absolute atomic E-state index is 13.9. The summed E-state index contributed by atoms with van der Waals surface area (Å²) in [5, 5.41) is 61.9. The van der Waals surface area contributed by atoms with Gasteiger partial charge in [-0.2, -0.15) is 0 Å². The third-order valence-electron chi connectivity index (χ3n) is 12.0. The van der Waals surface area contributed by atoms with Gasteiger partial charge in [0, 0.05) is 37.6 Å². The number of hydrogen-bond donors (Lipinski definition) is 10. The van der Waals surface area contributed by atoms with E-state index in [4.69, 9.17) is 38.9 Å². The van der Waals surface area contributed by atoms with Crippen molar-refractivity contribution < 1.29 is 77.6 Å². The van der Waals surface area contributed by atoms with Crippen molar-refractivity contribution in [2.45, 2.75) is 198 Å². The predicted molar refractivity (Wildman–Crippen MR) is 252 cm³/mol. The molecule has 0 bridgehead atoms. The molecule has 11 N–H and O–H groups in total. The lowest BCUT2D eigenvalue weighted by Crippen LogP contribution is -2.71. The van der Waals surface area contributed by atoms with E-state index in [0.717, 1.165) is 4.90 Å². The van der Waals surface area contributed by atoms with Crippen molar-refractivity contribution in [1.29, 1.82) is 0 Å². The second kappa shape index (κ2) is 23.8. The van der Waals surface area contributed by atoms with E-state index in [1.165, 1.54) is 14.0 Å². The Labute approximate surface area is 411 Å². The van der Waals surface area contributed by atoms with E-state index in [9.17, 15) is 44.4 Å². The topological polar surface area (TPSA) is 320 Å². The van der Waals surface area contributed by atoms with Gasteiger partial charge < -0.3 is 90.8 Å². The van der Waals surface area contributed by atoms with Crippen LogP contribution < -0.4 is 32.3 Å². The zero-order chi connectivity index (χ0) is 52.7. The molecule has 12 atom stereocenters. The maximum Gasteiger partial charge on any atom is 0.412 e. The highest BCUT2D eigenvalue weighted by Gasteiger charge is 2.56. The van der Waals surface area contributed by atoms with Crippen LogP contribution >= 0.6 is 0 Å². The van der Waals surface area contributed by atoms with Gasteiger partial charge >= 0.3 is 24.4 Å². The Kier molecular flexibility index (Phi) is 19.8. The van der Waals surface area contributed by atoms with Crippen LogP contribution in [0.4, 0.5) is 19.2 Å². The Morgan fingerprint density at radius 2 is 1.50 bits per heavy atom. The van der Waals surface area contributed by atoms with Crippen LogP contribution in [0.2, 0.25) is 0 Å². The van der Waals surface area contributed by atoms with E-state index in [0.29, 0.717) is 31.6 Å². The summed E-state index contributed by atoms with van der Waals surface area (Å²) in [6, 6.07) is -4.28. The first-order chi connectivity index (χ1) is 32.3. The van der Waals surface area contributed by atoms with E-state index in [-0.39, 0.29) is 43.7 Å². The fraction of sp³-hybridized carbons (Fsp3) is 0.809. The van der Waals surface area contributed by atoms with Gasteiger partial charge in [-0.15, -0.1) is 0 Å². The summed E-state index contributed by atoms with van der Waals surface area (Å²) < 4.78 is 40.5. The molecule has 70 heavy (non-hydrogen) atoms. The highest BCUT2D eigenvalue weighted by molar-refractivity contribution is 5.81. The minimum Gasteiger partial charge on any atom is -0.492 e. The van der Waals surface area contributed by atoms with Gasteiger partial charge in [0.15, 0.2) is 6.29 Å². The summed E-state index contributed by atoms with van der Waals surface area (Å²) in [5.74, 6) is -1.18. The summed E-state index contributed by atoms with van der Waals surface area (Å²) in [6.07, 6.45) is -9.20. The van der Waals surface area contributed by atoms with Crippen LogP contribution in [0.5, 0.6) is 0 Å². The molecule has 2 heterocycles. The zero-order valence-electron chi connectivity index (χ0n) is 42.9. The first-order valence-electron chi connectivity index (χ1n) is 24.0. The van der Waals surface area contributed by atoms with Crippen LogP contribution in [0, 0.1) is 11.8 Å². The van der Waals surface area contributed by atoms with Crippen LogP contribution in [0.1, 0.15) is 108 Å². The van der Waals surface area contributed by atoms with Gasteiger partial charge in [0.1, 0.15) is 52.6 Å². The molecule has 4 aliphatic rings. The van der Waals surface area contributed by atoms with Crippen molar-refractivity contribution in [3.8, 4) is 0 Å². The van der Waals surface area contributed by atoms with E-state index < -0.39 is 126 Å². The predicted octanol–water partition coefficient (Wildman–Crippen LogP) is 1.74. The molecule has 5 amide bonds. The van der Waals surface area contributed by atoms with Crippen molar-refractivity contribution in [2.24, 2.45) is 17.6 Å². The number of aliphatic hydroxyl groups excluding tert-OH is 3. The largest absolute Gasteiger partial charge is 0.492 e. The minimum absolute atomic E-state index is 0.000323. The van der Waals surface area contributed by atoms with Crippen LogP contribution in [0.15, 0.2) is 24.2 Å². The average molecular weight is 1000 g/mol. The summed E-state index contributed by atoms with van der Waals surface area (Å²) >= 11 is 0. The normalized spacial score (nSPS) is 31.8. The van der Waals surface area contributed by atoms with Gasteiger partial charge in [0.05, 0.1) is 37.1 Å². The number of carbonyl (C=O) groups is 5. The van der Waals surface area contributed by atoms with Crippen LogP contribution in [-0.4, -0.2) is 178 Å². The van der Waals surface area contributed by atoms with E-state index in [1.54, 1.807) is 69.2 Å². The number of aliphatic hydroxyl groups is 4. The molecule has 4 rings (SSSR count). The lowest BCUT2D eigenvalue weighted by molar-refractivity contribution is -0.306. The van der Waals surface area contributed by atoms with Crippen molar-refractivity contribution in [3.05, 3.63) is 24.2 Å². The number of nitrogens with two attached hydrogens (primary N) is 1. The number of ether oxygens (including phenoxy) is 7. The lowest BCUT2D eigenvalue weighted by Gasteiger charge is -2.52. The molecule has 400 valence electrons. The second-order valence-electron chi connectivity index (χ2n) is 22.0. The number of likely N-dealkylation sites (N-methyl/N-ethyl adjacent to an activating group) is 1. The molecule has 0 aromatic heterocycles. The summed E-state index contributed by atoms with van der Waals surface area (Å²) in [7, 11) is 1.34. The quantitative estimate of drug-likeness (QED) is 0.0778. The molecular weight excluding hydrogens is 919 g/mol. The van der Waals surface area contributed by atoms with E-state index in [1.807, 2.05) is 6.08 Å². The Morgan fingerprint density at radius 3 is 2.09 bits per heavy atom. The Morgan fingerprint density at radius 1 is 0.886 bits per heavy atom. The van der Waals surface area contributed by atoms with E-state index in [2.05, 4.69) is 33.2 Å². The molecule has 2 saturated carbocycles. The van der Waals surface area contributed by atoms with Crippen LogP contribution in [-0.2, 0) is 38.0 Å². The number of nitrogens with zero attached hydrogens (tertiary/aromatic N) is 1. The third kappa shape index (κ3) is 17.1. The van der Waals surface area contributed by atoms with Gasteiger partial charge in [-0.25, -0.2) is 19.2 Å². The molecule has 1 unspecified atom stereocenters. The standard InChI is InChI=1S/C47H81N7O16/c1-24(2)65-41(60)51-26-18-25(19-26)22-50-28-15-14-27(21-48)66-35(28)32-29(53-42(61)69-45(6,7)8)20-30(52-38(58)31(55)16-17-49-40(59)68-44(3,4)5)36(33(32)56)67-39-34(57)37(47(12,63)23-64-39)54(13)43(62)70-46(9,10)11/h14,25-26,28-37,39,50,55-57,63H,1,15-23,48H2,2-13H3,(H,49,59)(H,51,60)(H,52,58)(H,53,61)/t25-,26-,28-,29+,30-,31+,32-,33+,34-,35?,36+,37-,39-,47+/m1/s1. The molecule has 23 heteroatoms. The number of hydrogen-bond acceptors (Lipinski definition) is 18. The van der Waals surface area contributed by atoms with Gasteiger partial charge in [0.2, 0.25) is 5.91 Å². The lowest BCUT2D eigenvalue weighted by atomic mass is 9.71. The fourth-order valence-electron chi connectivity index (χ4n) is 9.04. The summed E-state index contributed by atoms with van der Waals surface area (Å²) in [4.78, 5) is 66.4. The van der Waals surface area contributed by atoms with Gasteiger partial charge in [-0.05, 0) is 127 Å². The molecule has 3 fully saturated rings. The second-order valence-corrected chi connectivity index (χ2v) is 22.0. The smallest absolute Gasteiger partial charge is 0.412 e. The molecular formula is C47H81N7O16. The monoisotopic (exact) mass is 1000 g/mol. The number of alkyl carbamates (subject to hydrolysis) is 3. The van der Waals surface area contributed by atoms with Crippen LogP contribution in [0.25, 0.3) is 0 Å². The van der Waals surface area contributed by atoms with Crippen molar-refractivity contribution in [2.75, 3.05) is 33.3 Å². The molecule has 0 aromatic carbocycles. The Bertz CT molecular complexity index is 1860. The van der Waals surface area contributed by atoms with Crippen molar-refractivity contribution >= 4 is 30.3 Å². The summed E-state index contributed by atoms with van der Waals surface area (Å²) in [6.45, 7) is 21.5. The molecule has 0 spiro atoms. The number of nitrogens with one attached hydrogen (secondary N) is 5. The number of allylic oxidation sites excluding steroid dienone is 1. The molecule has 0 aromatic rings. The van der Waals surface area contributed by atoms with Gasteiger partial charge in [-0.1, -0.05) is 6.58 Å². The molecule has 2 aliphatic carbocycles. The highest BCUT2D eigenvalue weighted by atomic mass is 16.7. The molecule has 23 nitrogen and oxygen atoms in total. The van der Waals surface area contributed by atoms with Crippen molar-refractivity contribution in [3.63, 3.8) is 0 Å².